The first-order valence-corrected chi connectivity index (χ1v) is 12.4. The Morgan fingerprint density at radius 1 is 1.14 bits per heavy atom. The van der Waals surface area contributed by atoms with Crippen molar-refractivity contribution >= 4 is 5.97 Å². The highest BCUT2D eigenvalue weighted by Gasteiger charge is 2.24. The van der Waals surface area contributed by atoms with Gasteiger partial charge in [-0.3, -0.25) is 0 Å². The number of nitrogens with one attached hydrogen (secondary N) is 1. The van der Waals surface area contributed by atoms with Gasteiger partial charge in [0.2, 0.25) is 0 Å². The van der Waals surface area contributed by atoms with Gasteiger partial charge in [-0.25, -0.2) is 19.2 Å². The molecule has 9 heteroatoms. The van der Waals surface area contributed by atoms with Gasteiger partial charge >= 0.3 is 12.0 Å². The van der Waals surface area contributed by atoms with Gasteiger partial charge in [0.25, 0.3) is 0 Å². The van der Waals surface area contributed by atoms with E-state index in [1.165, 1.54) is 18.2 Å². The van der Waals surface area contributed by atoms with E-state index in [4.69, 9.17) is 14.7 Å². The number of aryl methyl sites for hydroxylation is 1. The molecule has 3 heterocycles. The number of aromatic carboxylic acids is 1. The molecule has 0 radical (unpaired) electrons. The molecular weight excluding hydrogens is 473 g/mol. The number of carbonyl (C=O) groups is 1. The van der Waals surface area contributed by atoms with Crippen molar-refractivity contribution < 1.29 is 19.0 Å². The lowest BCUT2D eigenvalue weighted by molar-refractivity contribution is 0.0696. The molecule has 1 aliphatic rings. The van der Waals surface area contributed by atoms with Crippen LogP contribution in [0, 0.1) is 5.82 Å². The molecule has 4 aromatic rings. The number of carboxylic acid groups (broad SMARTS) is 1. The first-order chi connectivity index (χ1) is 18.0. The Morgan fingerprint density at radius 3 is 2.65 bits per heavy atom. The lowest BCUT2D eigenvalue weighted by Gasteiger charge is -2.25. The number of carboxylic acids is 1. The molecule has 190 valence electrons. The maximum atomic E-state index is 13.6. The van der Waals surface area contributed by atoms with Gasteiger partial charge < -0.3 is 19.7 Å². The van der Waals surface area contributed by atoms with Gasteiger partial charge in [-0.05, 0) is 86.4 Å². The molecule has 0 aliphatic carbocycles. The summed E-state index contributed by atoms with van der Waals surface area (Å²) in [6.07, 6.45) is 6.87. The number of hydrogen-bond donors (Lipinski definition) is 2. The fourth-order valence-electron chi connectivity index (χ4n) is 4.69. The molecule has 8 nitrogen and oxygen atoms in total. The number of hydrogen-bond acceptors (Lipinski definition) is 6. The maximum Gasteiger partial charge on any atom is 0.335 e. The SMILES string of the molecule is CCCc1cc(C(=O)O)ccc1Oc1nccc(-c2c(-c3ccc(F)cc3)ncn2C2CCNCC2)n1. The molecule has 5 rings (SSSR count). The average molecular weight is 502 g/mol. The monoisotopic (exact) mass is 501 g/mol. The molecule has 2 N–H and O–H groups in total. The third-order valence-electron chi connectivity index (χ3n) is 6.52. The standard InChI is InChI=1S/C28H28FN5O3/c1-2-3-19-16-20(27(35)36)6-9-24(19)37-28-31-15-12-23(33-28)26-25(18-4-7-21(29)8-5-18)32-17-34(26)22-10-13-30-14-11-22/h4-9,12,15-17,22,30H,2-3,10-11,13-14H2,1H3,(H,35,36). The van der Waals surface area contributed by atoms with Crippen molar-refractivity contribution in [3.8, 4) is 34.4 Å². The lowest BCUT2D eigenvalue weighted by Crippen LogP contribution is -2.29. The number of ether oxygens (including phenoxy) is 1. The van der Waals surface area contributed by atoms with E-state index in [1.54, 1.807) is 30.5 Å². The largest absolute Gasteiger partial charge is 0.478 e. The van der Waals surface area contributed by atoms with E-state index in [2.05, 4.69) is 14.9 Å². The van der Waals surface area contributed by atoms with Crippen LogP contribution >= 0.6 is 0 Å². The normalized spacial score (nSPS) is 14.0. The minimum absolute atomic E-state index is 0.154. The minimum Gasteiger partial charge on any atom is -0.478 e. The van der Waals surface area contributed by atoms with Crippen LogP contribution in [0.1, 0.15) is 48.1 Å². The molecule has 2 aromatic heterocycles. The summed E-state index contributed by atoms with van der Waals surface area (Å²) in [6.45, 7) is 3.85. The predicted octanol–water partition coefficient (Wildman–Crippen LogP) is 5.51. The lowest BCUT2D eigenvalue weighted by atomic mass is 10.0. The van der Waals surface area contributed by atoms with Crippen LogP contribution in [-0.4, -0.2) is 43.7 Å². The van der Waals surface area contributed by atoms with Crippen molar-refractivity contribution in [3.05, 3.63) is 78.0 Å². The second-order valence-electron chi connectivity index (χ2n) is 9.04. The zero-order valence-electron chi connectivity index (χ0n) is 20.5. The fourth-order valence-corrected chi connectivity index (χ4v) is 4.69. The molecular formula is C28H28FN5O3. The summed E-state index contributed by atoms with van der Waals surface area (Å²) in [4.78, 5) is 25.2. The molecule has 37 heavy (non-hydrogen) atoms. The smallest absolute Gasteiger partial charge is 0.335 e. The number of piperidine rings is 1. The summed E-state index contributed by atoms with van der Waals surface area (Å²) in [5.41, 5.74) is 3.95. The van der Waals surface area contributed by atoms with Crippen molar-refractivity contribution in [1.82, 2.24) is 24.8 Å². The van der Waals surface area contributed by atoms with Gasteiger partial charge in [-0.15, -0.1) is 0 Å². The van der Waals surface area contributed by atoms with Crippen LogP contribution in [0.3, 0.4) is 0 Å². The topological polar surface area (TPSA) is 102 Å². The van der Waals surface area contributed by atoms with Gasteiger partial charge in [0.15, 0.2) is 0 Å². The second-order valence-corrected chi connectivity index (χ2v) is 9.04. The van der Waals surface area contributed by atoms with E-state index < -0.39 is 5.97 Å². The number of rotatable bonds is 8. The Bertz CT molecular complexity index is 1400. The highest BCUT2D eigenvalue weighted by molar-refractivity contribution is 5.88. The van der Waals surface area contributed by atoms with E-state index in [9.17, 15) is 14.3 Å². The number of nitrogens with zero attached hydrogens (tertiary/aromatic N) is 4. The molecule has 0 saturated carbocycles. The Labute approximate surface area is 214 Å². The summed E-state index contributed by atoms with van der Waals surface area (Å²) in [5, 5.41) is 12.8. The maximum absolute atomic E-state index is 13.6. The van der Waals surface area contributed by atoms with Gasteiger partial charge in [-0.1, -0.05) is 13.3 Å². The Balaban J connectivity index is 1.55. The van der Waals surface area contributed by atoms with Gasteiger partial charge in [0.05, 0.1) is 29.0 Å². The Kier molecular flexibility index (Phi) is 7.23. The number of benzene rings is 2. The Morgan fingerprint density at radius 2 is 1.92 bits per heavy atom. The third-order valence-corrected chi connectivity index (χ3v) is 6.52. The third kappa shape index (κ3) is 5.36. The van der Waals surface area contributed by atoms with Crippen molar-refractivity contribution in [2.45, 2.75) is 38.6 Å². The summed E-state index contributed by atoms with van der Waals surface area (Å²) >= 11 is 0. The van der Waals surface area contributed by atoms with Crippen LogP contribution in [0.5, 0.6) is 11.8 Å². The van der Waals surface area contributed by atoms with Gasteiger partial charge in [0.1, 0.15) is 11.6 Å². The quantitative estimate of drug-likeness (QED) is 0.328. The highest BCUT2D eigenvalue weighted by atomic mass is 19.1. The molecule has 0 spiro atoms. The molecule has 1 saturated heterocycles. The van der Waals surface area contributed by atoms with Crippen molar-refractivity contribution in [1.29, 1.82) is 0 Å². The van der Waals surface area contributed by atoms with Crippen LogP contribution in [0.25, 0.3) is 22.6 Å². The predicted molar refractivity (Wildman–Crippen MR) is 137 cm³/mol. The Hall–Kier alpha value is -4.11. The molecule has 0 amide bonds. The van der Waals surface area contributed by atoms with Crippen LogP contribution in [0.4, 0.5) is 4.39 Å². The zero-order valence-corrected chi connectivity index (χ0v) is 20.5. The molecule has 1 fully saturated rings. The van der Waals surface area contributed by atoms with Crippen LogP contribution in [0.2, 0.25) is 0 Å². The van der Waals surface area contributed by atoms with Crippen molar-refractivity contribution in [3.63, 3.8) is 0 Å². The number of halogens is 1. The van der Waals surface area contributed by atoms with Crippen LogP contribution < -0.4 is 10.1 Å². The fraction of sp³-hybridized carbons (Fsp3) is 0.286. The zero-order chi connectivity index (χ0) is 25.8. The minimum atomic E-state index is -0.985. The van der Waals surface area contributed by atoms with Crippen LogP contribution in [-0.2, 0) is 6.42 Å². The molecule has 2 aromatic carbocycles. The van der Waals surface area contributed by atoms with E-state index in [-0.39, 0.29) is 23.4 Å². The molecule has 0 atom stereocenters. The van der Waals surface area contributed by atoms with E-state index in [0.29, 0.717) is 23.6 Å². The first kappa shape index (κ1) is 24.6. The van der Waals surface area contributed by atoms with Gasteiger partial charge in [0, 0.05) is 17.8 Å². The summed E-state index contributed by atoms with van der Waals surface area (Å²) in [5.74, 6) is -0.770. The van der Waals surface area contributed by atoms with Crippen molar-refractivity contribution in [2.24, 2.45) is 0 Å². The molecule has 0 unspecified atom stereocenters. The molecule has 0 bridgehead atoms. The number of imidazole rings is 1. The van der Waals surface area contributed by atoms with E-state index >= 15 is 0 Å². The van der Waals surface area contributed by atoms with Crippen LogP contribution in [0.15, 0.2) is 61.1 Å². The summed E-state index contributed by atoms with van der Waals surface area (Å²) in [6, 6.07) is 13.3. The summed E-state index contributed by atoms with van der Waals surface area (Å²) < 4.78 is 21.9. The van der Waals surface area contributed by atoms with Gasteiger partial charge in [-0.2, -0.15) is 4.98 Å². The first-order valence-electron chi connectivity index (χ1n) is 12.4. The summed E-state index contributed by atoms with van der Waals surface area (Å²) in [7, 11) is 0. The average Bonchev–Trinajstić information content (AvgIpc) is 3.36. The van der Waals surface area contributed by atoms with E-state index in [0.717, 1.165) is 49.2 Å². The number of aromatic nitrogens is 4. The second kappa shape index (κ2) is 10.9. The van der Waals surface area contributed by atoms with Crippen molar-refractivity contribution in [2.75, 3.05) is 13.1 Å². The van der Waals surface area contributed by atoms with E-state index in [1.807, 2.05) is 19.3 Å². The molecule has 1 aliphatic heterocycles. The highest BCUT2D eigenvalue weighted by Crippen LogP contribution is 2.35.